The standard InChI is InChI=1S/C10H13N3/c1-10(2,3)13-6-4-5-9(7-11)8-12/h5-6H,4H2,1-3H3. The van der Waals surface area contributed by atoms with Crippen molar-refractivity contribution in [3.05, 3.63) is 11.6 Å². The fourth-order valence-corrected chi connectivity index (χ4v) is 0.613. The van der Waals surface area contributed by atoms with Crippen LogP contribution >= 0.6 is 0 Å². The van der Waals surface area contributed by atoms with E-state index < -0.39 is 0 Å². The van der Waals surface area contributed by atoms with Crippen molar-refractivity contribution in [2.45, 2.75) is 32.7 Å². The zero-order valence-electron chi connectivity index (χ0n) is 8.20. The highest BCUT2D eigenvalue weighted by atomic mass is 14.8. The predicted octanol–water partition coefficient (Wildman–Crippen LogP) is 2.22. The first-order valence-electron chi connectivity index (χ1n) is 4.03. The van der Waals surface area contributed by atoms with E-state index in [1.54, 1.807) is 24.4 Å². The normalized spacial score (nSPS) is 10.5. The summed E-state index contributed by atoms with van der Waals surface area (Å²) in [4.78, 5) is 4.21. The minimum Gasteiger partial charge on any atom is -0.291 e. The molecule has 13 heavy (non-hydrogen) atoms. The summed E-state index contributed by atoms with van der Waals surface area (Å²) in [5, 5.41) is 16.8. The molecule has 0 saturated carbocycles. The van der Waals surface area contributed by atoms with Crippen LogP contribution in [0.15, 0.2) is 16.6 Å². The molecule has 0 rings (SSSR count). The van der Waals surface area contributed by atoms with Gasteiger partial charge in [-0.25, -0.2) is 0 Å². The highest BCUT2D eigenvalue weighted by Crippen LogP contribution is 2.05. The molecule has 0 radical (unpaired) electrons. The van der Waals surface area contributed by atoms with Crippen molar-refractivity contribution in [2.24, 2.45) is 4.99 Å². The van der Waals surface area contributed by atoms with E-state index in [4.69, 9.17) is 10.5 Å². The molecule has 0 spiro atoms. The molecule has 0 saturated heterocycles. The molecular formula is C10H13N3. The second-order valence-electron chi connectivity index (χ2n) is 3.56. The molecule has 0 aliphatic rings. The van der Waals surface area contributed by atoms with Crippen LogP contribution in [0, 0.1) is 22.7 Å². The van der Waals surface area contributed by atoms with Crippen LogP contribution in [-0.4, -0.2) is 11.8 Å². The summed E-state index contributed by atoms with van der Waals surface area (Å²) in [6.07, 6.45) is 3.82. The van der Waals surface area contributed by atoms with Gasteiger partial charge in [0.05, 0.1) is 5.54 Å². The molecule has 0 aliphatic carbocycles. The van der Waals surface area contributed by atoms with Crippen molar-refractivity contribution < 1.29 is 0 Å². The van der Waals surface area contributed by atoms with Gasteiger partial charge in [0.15, 0.2) is 0 Å². The van der Waals surface area contributed by atoms with Gasteiger partial charge in [-0.15, -0.1) is 0 Å². The largest absolute Gasteiger partial charge is 0.291 e. The van der Waals surface area contributed by atoms with E-state index in [0.29, 0.717) is 6.42 Å². The molecule has 0 heterocycles. The van der Waals surface area contributed by atoms with E-state index in [1.165, 1.54) is 0 Å². The van der Waals surface area contributed by atoms with E-state index >= 15 is 0 Å². The molecule has 3 heteroatoms. The van der Waals surface area contributed by atoms with Crippen LogP contribution < -0.4 is 0 Å². The molecule has 0 aromatic carbocycles. The average Bonchev–Trinajstić information content (AvgIpc) is 2.03. The topological polar surface area (TPSA) is 59.9 Å². The van der Waals surface area contributed by atoms with Gasteiger partial charge < -0.3 is 0 Å². The molecule has 3 nitrogen and oxygen atoms in total. The van der Waals surface area contributed by atoms with E-state index in [0.717, 1.165) is 0 Å². The lowest BCUT2D eigenvalue weighted by Crippen LogP contribution is -2.09. The van der Waals surface area contributed by atoms with Crippen LogP contribution in [0.4, 0.5) is 0 Å². The van der Waals surface area contributed by atoms with Crippen LogP contribution in [-0.2, 0) is 0 Å². The molecule has 68 valence electrons. The van der Waals surface area contributed by atoms with Gasteiger partial charge in [0, 0.05) is 12.6 Å². The SMILES string of the molecule is CC(C)(C)N=CCC=C(C#N)C#N. The van der Waals surface area contributed by atoms with E-state index in [2.05, 4.69) is 4.99 Å². The first-order valence-corrected chi connectivity index (χ1v) is 4.03. The smallest absolute Gasteiger partial charge is 0.126 e. The summed E-state index contributed by atoms with van der Waals surface area (Å²) >= 11 is 0. The third-order valence-corrected chi connectivity index (χ3v) is 1.15. The maximum absolute atomic E-state index is 8.40. The molecule has 0 atom stereocenters. The molecule has 0 N–H and O–H groups in total. The number of nitriles is 2. The highest BCUT2D eigenvalue weighted by molar-refractivity contribution is 5.61. The first-order chi connectivity index (χ1) is 5.99. The lowest BCUT2D eigenvalue weighted by atomic mass is 10.1. The van der Waals surface area contributed by atoms with Gasteiger partial charge in [-0.3, -0.25) is 4.99 Å². The fourth-order valence-electron chi connectivity index (χ4n) is 0.613. The third-order valence-electron chi connectivity index (χ3n) is 1.15. The third kappa shape index (κ3) is 6.77. The van der Waals surface area contributed by atoms with Gasteiger partial charge in [-0.2, -0.15) is 10.5 Å². The minimum absolute atomic E-state index is 0.0900. The number of aliphatic imine (C=N–C) groups is 1. The lowest BCUT2D eigenvalue weighted by molar-refractivity contribution is 0.585. The second-order valence-corrected chi connectivity index (χ2v) is 3.56. The van der Waals surface area contributed by atoms with Crippen molar-refractivity contribution in [1.82, 2.24) is 0 Å². The maximum atomic E-state index is 8.40. The fraction of sp³-hybridized carbons (Fsp3) is 0.500. The Labute approximate surface area is 79.0 Å². The van der Waals surface area contributed by atoms with E-state index in [9.17, 15) is 0 Å². The van der Waals surface area contributed by atoms with Crippen molar-refractivity contribution in [3.8, 4) is 12.1 Å². The Bertz CT molecular complexity index is 276. The van der Waals surface area contributed by atoms with E-state index in [1.807, 2.05) is 20.8 Å². The molecule has 0 aromatic rings. The Balaban J connectivity index is 4.09. The summed E-state index contributed by atoms with van der Waals surface area (Å²) in [5.41, 5.74) is 0.0492. The first kappa shape index (κ1) is 11.4. The quantitative estimate of drug-likeness (QED) is 0.477. The zero-order valence-corrected chi connectivity index (χ0v) is 8.20. The zero-order chi connectivity index (χ0) is 10.3. The van der Waals surface area contributed by atoms with Gasteiger partial charge in [-0.1, -0.05) is 6.08 Å². The summed E-state index contributed by atoms with van der Waals surface area (Å²) in [6.45, 7) is 5.97. The van der Waals surface area contributed by atoms with Gasteiger partial charge >= 0.3 is 0 Å². The van der Waals surface area contributed by atoms with Gasteiger partial charge in [-0.05, 0) is 20.8 Å². The Morgan fingerprint density at radius 2 is 1.85 bits per heavy atom. The second kappa shape index (κ2) is 5.11. The Kier molecular flexibility index (Phi) is 4.48. The van der Waals surface area contributed by atoms with Crippen LogP contribution in [0.3, 0.4) is 0 Å². The summed E-state index contributed by atoms with van der Waals surface area (Å²) in [5.74, 6) is 0. The van der Waals surface area contributed by atoms with Crippen LogP contribution in [0.25, 0.3) is 0 Å². The van der Waals surface area contributed by atoms with Gasteiger partial charge in [0.25, 0.3) is 0 Å². The highest BCUT2D eigenvalue weighted by Gasteiger charge is 2.03. The number of allylic oxidation sites excluding steroid dienone is 2. The molecule has 0 bridgehead atoms. The Hall–Kier alpha value is -1.61. The maximum Gasteiger partial charge on any atom is 0.126 e. The summed E-state index contributed by atoms with van der Waals surface area (Å²) < 4.78 is 0. The van der Waals surface area contributed by atoms with E-state index in [-0.39, 0.29) is 11.1 Å². The van der Waals surface area contributed by atoms with Crippen LogP contribution in [0.5, 0.6) is 0 Å². The van der Waals surface area contributed by atoms with Crippen molar-refractivity contribution in [3.63, 3.8) is 0 Å². The number of hydrogen-bond donors (Lipinski definition) is 0. The lowest BCUT2D eigenvalue weighted by Gasteiger charge is -2.09. The van der Waals surface area contributed by atoms with Crippen molar-refractivity contribution >= 4 is 6.21 Å². The van der Waals surface area contributed by atoms with Crippen molar-refractivity contribution in [2.75, 3.05) is 0 Å². The molecule has 0 amide bonds. The van der Waals surface area contributed by atoms with Gasteiger partial charge in [0.2, 0.25) is 0 Å². The van der Waals surface area contributed by atoms with Crippen LogP contribution in [0.2, 0.25) is 0 Å². The monoisotopic (exact) mass is 175 g/mol. The van der Waals surface area contributed by atoms with Crippen molar-refractivity contribution in [1.29, 1.82) is 10.5 Å². The number of rotatable bonds is 2. The minimum atomic E-state index is -0.0900. The summed E-state index contributed by atoms with van der Waals surface area (Å²) in [7, 11) is 0. The average molecular weight is 175 g/mol. The molecule has 0 unspecified atom stereocenters. The van der Waals surface area contributed by atoms with Crippen LogP contribution in [0.1, 0.15) is 27.2 Å². The number of hydrogen-bond acceptors (Lipinski definition) is 3. The van der Waals surface area contributed by atoms with Gasteiger partial charge in [0.1, 0.15) is 17.7 Å². The molecule has 0 aromatic heterocycles. The Morgan fingerprint density at radius 1 is 1.31 bits per heavy atom. The molecular weight excluding hydrogens is 162 g/mol. The number of nitrogens with zero attached hydrogens (tertiary/aromatic N) is 3. The Morgan fingerprint density at radius 3 is 2.23 bits per heavy atom. The summed E-state index contributed by atoms with van der Waals surface area (Å²) in [6, 6.07) is 3.58. The molecule has 0 fully saturated rings. The predicted molar refractivity (Wildman–Crippen MR) is 52.2 cm³/mol. The molecule has 0 aliphatic heterocycles.